The van der Waals surface area contributed by atoms with Crippen molar-refractivity contribution in [2.45, 2.75) is 235 Å². The molecule has 3 aromatic rings. The minimum Gasteiger partial charge on any atom is -0.486 e. The molecule has 116 heavy (non-hydrogen) atoms. The van der Waals surface area contributed by atoms with Crippen LogP contribution in [0.25, 0.3) is 0 Å². The molecule has 660 valence electrons. The molecule has 4 rings (SSSR count). The van der Waals surface area contributed by atoms with Crippen LogP contribution in [0.2, 0.25) is 0 Å². The molecule has 1 saturated carbocycles. The molecule has 0 bridgehead atoms. The Labute approximate surface area is 675 Å². The van der Waals surface area contributed by atoms with Crippen molar-refractivity contribution in [3.63, 3.8) is 0 Å². The van der Waals surface area contributed by atoms with Gasteiger partial charge in [0.25, 0.3) is 23.6 Å². The first-order valence-corrected chi connectivity index (χ1v) is 35.9. The van der Waals surface area contributed by atoms with Gasteiger partial charge in [0.2, 0.25) is 12.0 Å². The van der Waals surface area contributed by atoms with Gasteiger partial charge >= 0.3 is 6.18 Å². The number of amides is 4. The van der Waals surface area contributed by atoms with Crippen molar-refractivity contribution in [3.8, 4) is 17.2 Å². The minimum atomic E-state index is -5.39. The third kappa shape index (κ3) is 43.5. The molecule has 1 fully saturated rings. The summed E-state index contributed by atoms with van der Waals surface area (Å²) in [5.74, 6) is -9.22. The first kappa shape index (κ1) is 110. The van der Waals surface area contributed by atoms with Gasteiger partial charge in [-0.2, -0.15) is 13.2 Å². The van der Waals surface area contributed by atoms with Gasteiger partial charge in [0.1, 0.15) is 54.8 Å². The van der Waals surface area contributed by atoms with Gasteiger partial charge in [-0.05, 0) is 145 Å². The molecule has 0 radical (unpaired) electrons. The van der Waals surface area contributed by atoms with Crippen molar-refractivity contribution in [2.75, 3.05) is 73.9 Å². The van der Waals surface area contributed by atoms with E-state index >= 15 is 0 Å². The SMILES string of the molecule is C.C.C.COC(C)(C)C(=O)NC(CCCN=C(N)N)C(=O)COC(C(C)(F)F)C(F)(F)F.COC(C)(C)C(=O)NC(CCCN=C(N)N)C(=O)COc1cc(C)nc(C)c1.COC(C)(C)C(=O)NC(CCCN=C(N)N)C(=O)COc1cnc(C)nc1.Cc1ccc(F)c(OCC(=O)C(CCCN=C(N)N)NC(=O)C2CCCC2)c1F. The molecule has 4 amide bonds. The number of nitrogens with zero attached hydrogens (tertiary/aromatic N) is 7. The summed E-state index contributed by atoms with van der Waals surface area (Å²) in [6, 6.07) is 2.22. The van der Waals surface area contributed by atoms with E-state index in [0.717, 1.165) is 43.1 Å². The number of alkyl halides is 5. The molecule has 41 heteroatoms. The zero-order valence-electron chi connectivity index (χ0n) is 66.6. The van der Waals surface area contributed by atoms with E-state index in [4.69, 9.17) is 74.3 Å². The molecule has 34 nitrogen and oxygen atoms in total. The highest BCUT2D eigenvalue weighted by atomic mass is 19.4. The molecule has 0 saturated heterocycles. The molecule has 1 aromatic carbocycles. The van der Waals surface area contributed by atoms with Crippen LogP contribution in [0.4, 0.5) is 30.7 Å². The smallest absolute Gasteiger partial charge is 0.420 e. The number of hydrogen-bond donors (Lipinski definition) is 12. The number of ether oxygens (including phenoxy) is 7. The van der Waals surface area contributed by atoms with Crippen LogP contribution in [0, 0.1) is 45.2 Å². The lowest BCUT2D eigenvalue weighted by Gasteiger charge is -2.28. The number of methoxy groups -OCH3 is 3. The second-order valence-corrected chi connectivity index (χ2v) is 27.5. The van der Waals surface area contributed by atoms with E-state index in [-0.39, 0.29) is 127 Å². The first-order valence-electron chi connectivity index (χ1n) is 35.9. The standard InChI is InChI=1S/C20H28F2N4O3.C19H31N5O4.C17H28N6O4.C16H27F5N4O4.3CH4/c1-12-8-9-14(21)18(17(12)22)29-11-16(27)15(7-4-10-25-20(23)24)26-19(28)13-5-2-3-6-13;1-12-9-14(10-13(2)23-12)28-11-16(25)15(7-6-8-22-18(20)21)24-17(26)19(3,4)27-5;1-11-21-8-12(9-22-11)27-10-14(24)13(6-5-7-20-16(18)19)23-15(25)17(2,3)26-4;1-14(2,28-4)12(27)25-9(6-5-7-24-13(22)23)10(26)8-29-11(15(3,17)18)16(19,20)21;;;/h8-9,13,15H,2-7,10-11H2,1H3,(H,26,28)(H4,23,24,25);9-10,15H,6-8,11H2,1-5H3,(H,24,26)(H4,20,21,22);8-9,13H,5-7,10H2,1-4H3,(H,23,25)(H4,18,19,20);9,11H,5-8H2,1-4H3,(H,25,27)(H4,22,23,24);3*1H4. The van der Waals surface area contributed by atoms with Crippen molar-refractivity contribution in [3.05, 3.63) is 71.1 Å². The number of guanidine groups is 4. The number of Topliss-reactive ketones (excluding diaryl/α,β-unsaturated/α-hetero) is 4. The average Bonchev–Trinajstić information content (AvgIpc) is 0.885. The molecule has 5 unspecified atom stereocenters. The Bertz CT molecular complexity index is 3620. The molecule has 5 atom stereocenters. The Hall–Kier alpha value is -10.2. The van der Waals surface area contributed by atoms with Crippen LogP contribution in [0.15, 0.2) is 56.6 Å². The van der Waals surface area contributed by atoms with Gasteiger partial charge in [-0.3, -0.25) is 63.3 Å². The van der Waals surface area contributed by atoms with E-state index in [2.05, 4.69) is 60.9 Å². The molecule has 2 aromatic heterocycles. The van der Waals surface area contributed by atoms with Gasteiger partial charge in [0.15, 0.2) is 70.1 Å². The number of carbonyl (C=O) groups excluding carboxylic acids is 8. The highest BCUT2D eigenvalue weighted by Crippen LogP contribution is 2.35. The number of nitrogens with two attached hydrogens (primary N) is 8. The van der Waals surface area contributed by atoms with Crippen LogP contribution < -0.4 is 81.3 Å². The molecule has 0 aliphatic heterocycles. The molecular weight excluding hydrogens is 1540 g/mol. The lowest BCUT2D eigenvalue weighted by molar-refractivity contribution is -0.278. The molecule has 2 heterocycles. The van der Waals surface area contributed by atoms with E-state index < -0.39 is 113 Å². The third-order valence-electron chi connectivity index (χ3n) is 16.8. The van der Waals surface area contributed by atoms with Crippen LogP contribution >= 0.6 is 0 Å². The summed E-state index contributed by atoms with van der Waals surface area (Å²) in [7, 11) is 4.11. The summed E-state index contributed by atoms with van der Waals surface area (Å²) in [6.45, 7) is 15.1. The third-order valence-corrected chi connectivity index (χ3v) is 16.8. The van der Waals surface area contributed by atoms with Crippen molar-refractivity contribution < 1.29 is 102 Å². The van der Waals surface area contributed by atoms with E-state index in [0.29, 0.717) is 69.1 Å². The Kier molecular flexibility index (Phi) is 51.1. The van der Waals surface area contributed by atoms with Gasteiger partial charge in [-0.15, -0.1) is 0 Å². The van der Waals surface area contributed by atoms with Crippen molar-refractivity contribution in [1.29, 1.82) is 0 Å². The number of benzene rings is 1. The monoisotopic (exact) mass is 1670 g/mol. The number of aryl methyl sites for hydroxylation is 4. The molecule has 1 aliphatic carbocycles. The first-order chi connectivity index (χ1) is 52.5. The highest BCUT2D eigenvalue weighted by molar-refractivity contribution is 5.95. The number of rotatable bonds is 44. The lowest BCUT2D eigenvalue weighted by atomic mass is 10.0. The number of carbonyl (C=O) groups is 8. The van der Waals surface area contributed by atoms with Crippen LogP contribution in [-0.2, 0) is 57.3 Å². The van der Waals surface area contributed by atoms with Gasteiger partial charge < -0.3 is 100 Å². The molecule has 0 spiro atoms. The van der Waals surface area contributed by atoms with Gasteiger partial charge in [-0.25, -0.2) is 27.5 Å². The summed E-state index contributed by atoms with van der Waals surface area (Å²) >= 11 is 0. The van der Waals surface area contributed by atoms with E-state index in [9.17, 15) is 69.1 Å². The van der Waals surface area contributed by atoms with Gasteiger partial charge in [0.05, 0.1) is 36.6 Å². The topological polar surface area (TPSA) is 546 Å². The number of aliphatic imine (C=N–C) groups is 4. The Morgan fingerprint density at radius 2 is 0.819 bits per heavy atom. The van der Waals surface area contributed by atoms with Crippen molar-refractivity contribution in [1.82, 2.24) is 36.2 Å². The number of ketones is 4. The maximum Gasteiger partial charge on any atom is 0.420 e. The van der Waals surface area contributed by atoms with Crippen LogP contribution in [0.5, 0.6) is 17.2 Å². The Morgan fingerprint density at radius 3 is 1.15 bits per heavy atom. The fraction of sp³-hybridized carbons (Fsp3) is 0.640. The molecule has 20 N–H and O–H groups in total. The zero-order chi connectivity index (χ0) is 86.2. The summed E-state index contributed by atoms with van der Waals surface area (Å²) in [5.41, 5.74) is 40.4. The van der Waals surface area contributed by atoms with Crippen LogP contribution in [-0.4, -0.2) is 219 Å². The number of hydrogen-bond acceptors (Lipinski definition) is 22. The summed E-state index contributed by atoms with van der Waals surface area (Å²) in [4.78, 5) is 127. The normalized spacial score (nSPS) is 13.2. The predicted octanol–water partition coefficient (Wildman–Crippen LogP) is 5.29. The number of nitrogens with one attached hydrogen (secondary N) is 4. The maximum absolute atomic E-state index is 14.1. The Balaban J connectivity index is -0.00000146. The van der Waals surface area contributed by atoms with E-state index in [1.807, 2.05) is 13.8 Å². The van der Waals surface area contributed by atoms with E-state index in [1.165, 1.54) is 60.6 Å². The van der Waals surface area contributed by atoms with Gasteiger partial charge in [-0.1, -0.05) is 41.2 Å². The number of aromatic nitrogens is 3. The lowest BCUT2D eigenvalue weighted by Crippen LogP contribution is -2.52. The summed E-state index contributed by atoms with van der Waals surface area (Å²) in [5, 5.41) is 10.5. The fourth-order valence-electron chi connectivity index (χ4n) is 9.67. The largest absolute Gasteiger partial charge is 0.486 e. The van der Waals surface area contributed by atoms with Crippen LogP contribution in [0.1, 0.15) is 171 Å². The Morgan fingerprint density at radius 1 is 0.491 bits per heavy atom. The second kappa shape index (κ2) is 53.9. The van der Waals surface area contributed by atoms with Gasteiger partial charge in [0, 0.05) is 83.9 Å². The minimum absolute atomic E-state index is 0. The second-order valence-electron chi connectivity index (χ2n) is 27.5. The zero-order valence-corrected chi connectivity index (χ0v) is 66.6. The van der Waals surface area contributed by atoms with E-state index in [1.54, 1.807) is 46.8 Å². The quantitative estimate of drug-likeness (QED) is 0.0148. The fourth-order valence-corrected chi connectivity index (χ4v) is 9.67. The number of halogens is 7. The van der Waals surface area contributed by atoms with Crippen molar-refractivity contribution in [2.24, 2.45) is 71.8 Å². The predicted molar refractivity (Wildman–Crippen MR) is 427 cm³/mol. The van der Waals surface area contributed by atoms with Crippen molar-refractivity contribution >= 4 is 70.6 Å². The summed E-state index contributed by atoms with van der Waals surface area (Å²) < 4.78 is 128. The van der Waals surface area contributed by atoms with Crippen LogP contribution in [0.3, 0.4) is 0 Å². The molecule has 1 aliphatic rings. The molecular formula is C75H126F7N19O15. The number of pyridine rings is 1. The summed E-state index contributed by atoms with van der Waals surface area (Å²) in [6.07, 6.45) is 0.266. The average molecular weight is 1670 g/mol. The highest BCUT2D eigenvalue weighted by Gasteiger charge is 2.54. The maximum atomic E-state index is 14.1.